The topological polar surface area (TPSA) is 58.6 Å². The number of carbonyl (C=O) groups is 1. The lowest BCUT2D eigenvalue weighted by Gasteiger charge is -2.42. The van der Waals surface area contributed by atoms with Crippen molar-refractivity contribution in [2.75, 3.05) is 38.2 Å². The molecule has 0 bridgehead atoms. The quantitative estimate of drug-likeness (QED) is 0.790. The molecule has 22 heavy (non-hydrogen) atoms. The second-order valence-corrected chi connectivity index (χ2v) is 6.16. The fourth-order valence-corrected chi connectivity index (χ4v) is 2.77. The maximum atomic E-state index is 11.8. The fourth-order valence-electron chi connectivity index (χ4n) is 2.77. The van der Waals surface area contributed by atoms with Gasteiger partial charge in [0, 0.05) is 31.9 Å². The van der Waals surface area contributed by atoms with Crippen molar-refractivity contribution in [1.29, 1.82) is 0 Å². The summed E-state index contributed by atoms with van der Waals surface area (Å²) in [6.07, 6.45) is 1.59. The molecule has 122 valence electrons. The van der Waals surface area contributed by atoms with E-state index in [0.29, 0.717) is 35.8 Å². The number of piperazine rings is 1. The Labute approximate surface area is 132 Å². The van der Waals surface area contributed by atoms with Crippen LogP contribution >= 0.6 is 0 Å². The standard InChI is InChI=1S/C16H26N4O2/c1-6-22-15(21)13-9-17-16(18-12(13)4)20-8-7-19(5)10-14(20)11(2)3/h9,11,14H,6-8,10H2,1-5H3. The molecule has 0 saturated carbocycles. The number of rotatable bonds is 4. The van der Waals surface area contributed by atoms with Gasteiger partial charge in [0.2, 0.25) is 5.95 Å². The van der Waals surface area contributed by atoms with E-state index in [1.54, 1.807) is 13.1 Å². The van der Waals surface area contributed by atoms with Crippen molar-refractivity contribution >= 4 is 11.9 Å². The molecule has 0 radical (unpaired) electrons. The van der Waals surface area contributed by atoms with Crippen molar-refractivity contribution in [3.05, 3.63) is 17.5 Å². The van der Waals surface area contributed by atoms with Crippen LogP contribution in [0.25, 0.3) is 0 Å². The van der Waals surface area contributed by atoms with E-state index in [9.17, 15) is 4.79 Å². The Kier molecular flexibility index (Phi) is 5.34. The van der Waals surface area contributed by atoms with Crippen LogP contribution in [-0.4, -0.2) is 60.2 Å². The number of likely N-dealkylation sites (N-methyl/N-ethyl adjacent to an activating group) is 1. The minimum Gasteiger partial charge on any atom is -0.462 e. The normalized spacial score (nSPS) is 19.5. The minimum atomic E-state index is -0.356. The smallest absolute Gasteiger partial charge is 0.341 e. The molecule has 6 heteroatoms. The van der Waals surface area contributed by atoms with E-state index in [0.717, 1.165) is 19.6 Å². The Morgan fingerprint density at radius 3 is 2.77 bits per heavy atom. The summed E-state index contributed by atoms with van der Waals surface area (Å²) in [5.41, 5.74) is 1.12. The first-order valence-electron chi connectivity index (χ1n) is 7.90. The summed E-state index contributed by atoms with van der Waals surface area (Å²) in [6, 6.07) is 0.381. The zero-order valence-corrected chi connectivity index (χ0v) is 14.2. The molecular weight excluding hydrogens is 280 g/mol. The van der Waals surface area contributed by atoms with Crippen molar-refractivity contribution in [1.82, 2.24) is 14.9 Å². The number of aryl methyl sites for hydroxylation is 1. The lowest BCUT2D eigenvalue weighted by atomic mass is 10.0. The van der Waals surface area contributed by atoms with Gasteiger partial charge in [-0.2, -0.15) is 0 Å². The third-order valence-electron chi connectivity index (χ3n) is 4.11. The molecule has 1 saturated heterocycles. The molecule has 1 unspecified atom stereocenters. The Bertz CT molecular complexity index is 533. The lowest BCUT2D eigenvalue weighted by molar-refractivity contribution is 0.0524. The van der Waals surface area contributed by atoms with E-state index in [1.165, 1.54) is 0 Å². The Balaban J connectivity index is 2.24. The van der Waals surface area contributed by atoms with Gasteiger partial charge in [-0.25, -0.2) is 14.8 Å². The molecule has 1 aliphatic heterocycles. The van der Waals surface area contributed by atoms with Gasteiger partial charge in [-0.1, -0.05) is 13.8 Å². The van der Waals surface area contributed by atoms with Crippen LogP contribution in [0.3, 0.4) is 0 Å². The molecule has 0 aromatic carbocycles. The summed E-state index contributed by atoms with van der Waals surface area (Å²) < 4.78 is 5.03. The summed E-state index contributed by atoms with van der Waals surface area (Å²) in [4.78, 5) is 25.4. The Hall–Kier alpha value is -1.69. The van der Waals surface area contributed by atoms with Gasteiger partial charge in [0.1, 0.15) is 0 Å². The number of anilines is 1. The highest BCUT2D eigenvalue weighted by Gasteiger charge is 2.29. The zero-order valence-electron chi connectivity index (χ0n) is 14.2. The molecule has 2 heterocycles. The van der Waals surface area contributed by atoms with Crippen LogP contribution in [-0.2, 0) is 4.74 Å². The third kappa shape index (κ3) is 3.55. The molecule has 6 nitrogen and oxygen atoms in total. The second kappa shape index (κ2) is 7.05. The predicted molar refractivity (Wildman–Crippen MR) is 86.2 cm³/mol. The van der Waals surface area contributed by atoms with Gasteiger partial charge < -0.3 is 14.5 Å². The summed E-state index contributed by atoms with van der Waals surface area (Å²) >= 11 is 0. The average molecular weight is 306 g/mol. The molecular formula is C16H26N4O2. The van der Waals surface area contributed by atoms with Gasteiger partial charge in [-0.05, 0) is 26.8 Å². The van der Waals surface area contributed by atoms with Crippen LogP contribution in [0, 0.1) is 12.8 Å². The summed E-state index contributed by atoms with van der Waals surface area (Å²) in [5, 5.41) is 0. The molecule has 0 amide bonds. The number of hydrogen-bond acceptors (Lipinski definition) is 6. The SMILES string of the molecule is CCOC(=O)c1cnc(N2CCN(C)CC2C(C)C)nc1C. The van der Waals surface area contributed by atoms with E-state index < -0.39 is 0 Å². The van der Waals surface area contributed by atoms with Gasteiger partial charge in [0.15, 0.2) is 0 Å². The van der Waals surface area contributed by atoms with E-state index >= 15 is 0 Å². The zero-order chi connectivity index (χ0) is 16.3. The molecule has 1 aromatic heterocycles. The highest BCUT2D eigenvalue weighted by atomic mass is 16.5. The largest absolute Gasteiger partial charge is 0.462 e. The molecule has 1 fully saturated rings. The first-order valence-corrected chi connectivity index (χ1v) is 7.90. The van der Waals surface area contributed by atoms with Crippen molar-refractivity contribution in [3.8, 4) is 0 Å². The van der Waals surface area contributed by atoms with Gasteiger partial charge in [0.25, 0.3) is 0 Å². The van der Waals surface area contributed by atoms with Gasteiger partial charge in [0.05, 0.1) is 17.9 Å². The molecule has 0 N–H and O–H groups in total. The van der Waals surface area contributed by atoms with E-state index in [4.69, 9.17) is 4.74 Å². The molecule has 1 aromatic rings. The van der Waals surface area contributed by atoms with Crippen molar-refractivity contribution in [2.45, 2.75) is 33.7 Å². The summed E-state index contributed by atoms with van der Waals surface area (Å²) in [7, 11) is 2.14. The van der Waals surface area contributed by atoms with Gasteiger partial charge in [-0.3, -0.25) is 0 Å². The first-order chi connectivity index (χ1) is 10.4. The highest BCUT2D eigenvalue weighted by Crippen LogP contribution is 2.22. The minimum absolute atomic E-state index is 0.355. The number of carbonyl (C=O) groups excluding carboxylic acids is 1. The van der Waals surface area contributed by atoms with Crippen LogP contribution in [0.2, 0.25) is 0 Å². The van der Waals surface area contributed by atoms with E-state index in [-0.39, 0.29) is 5.97 Å². The monoisotopic (exact) mass is 306 g/mol. The first kappa shape index (κ1) is 16.7. The van der Waals surface area contributed by atoms with Crippen LogP contribution in [0.5, 0.6) is 0 Å². The van der Waals surface area contributed by atoms with Crippen LogP contribution in [0.15, 0.2) is 6.20 Å². The van der Waals surface area contributed by atoms with Crippen LogP contribution in [0.4, 0.5) is 5.95 Å². The molecule has 0 spiro atoms. The van der Waals surface area contributed by atoms with Crippen molar-refractivity contribution < 1.29 is 9.53 Å². The van der Waals surface area contributed by atoms with Crippen LogP contribution < -0.4 is 4.90 Å². The predicted octanol–water partition coefficient (Wildman–Crippen LogP) is 1.74. The fraction of sp³-hybridized carbons (Fsp3) is 0.688. The number of esters is 1. The van der Waals surface area contributed by atoms with Gasteiger partial charge in [-0.15, -0.1) is 0 Å². The Morgan fingerprint density at radius 2 is 2.18 bits per heavy atom. The molecule has 2 rings (SSSR count). The molecule has 1 aliphatic rings. The Morgan fingerprint density at radius 1 is 1.45 bits per heavy atom. The number of aromatic nitrogens is 2. The van der Waals surface area contributed by atoms with Crippen molar-refractivity contribution in [2.24, 2.45) is 5.92 Å². The summed E-state index contributed by atoms with van der Waals surface area (Å²) in [5.74, 6) is 0.860. The summed E-state index contributed by atoms with van der Waals surface area (Å²) in [6.45, 7) is 11.3. The number of nitrogens with zero attached hydrogens (tertiary/aromatic N) is 4. The maximum absolute atomic E-state index is 11.8. The number of ether oxygens (including phenoxy) is 1. The highest BCUT2D eigenvalue weighted by molar-refractivity contribution is 5.90. The van der Waals surface area contributed by atoms with E-state index in [2.05, 4.69) is 40.7 Å². The van der Waals surface area contributed by atoms with Gasteiger partial charge >= 0.3 is 5.97 Å². The van der Waals surface area contributed by atoms with E-state index in [1.807, 2.05) is 6.92 Å². The molecule has 0 aliphatic carbocycles. The molecule has 1 atom stereocenters. The third-order valence-corrected chi connectivity index (χ3v) is 4.11. The maximum Gasteiger partial charge on any atom is 0.341 e. The lowest BCUT2D eigenvalue weighted by Crippen LogP contribution is -2.54. The number of hydrogen-bond donors (Lipinski definition) is 0. The second-order valence-electron chi connectivity index (χ2n) is 6.16. The van der Waals surface area contributed by atoms with Crippen molar-refractivity contribution in [3.63, 3.8) is 0 Å². The van der Waals surface area contributed by atoms with Crippen LogP contribution in [0.1, 0.15) is 36.8 Å². The average Bonchev–Trinajstić information content (AvgIpc) is 2.47.